The van der Waals surface area contributed by atoms with Gasteiger partial charge in [0.1, 0.15) is 0 Å². The van der Waals surface area contributed by atoms with E-state index >= 15 is 0 Å². The zero-order chi connectivity index (χ0) is 35.5. The fourth-order valence-electron chi connectivity index (χ4n) is 8.34. The second-order valence-electron chi connectivity index (χ2n) is 14.6. The summed E-state index contributed by atoms with van der Waals surface area (Å²) in [7, 11) is 0. The molecule has 53 heavy (non-hydrogen) atoms. The van der Waals surface area contributed by atoms with Crippen LogP contribution in [0.15, 0.2) is 182 Å². The highest BCUT2D eigenvalue weighted by Crippen LogP contribution is 2.51. The van der Waals surface area contributed by atoms with Crippen molar-refractivity contribution in [2.45, 2.75) is 19.3 Å². The standard InChI is InChI=1S/C51H36N2/c1-51(2)46-21-9-8-20-43(46)44-28-29-45-48(41-27-26-34-14-6-7-15-37(34)31-41)52-50(53-49(45)47(44)51)42-19-11-18-40(32-42)39-17-10-16-38(30-39)36-24-22-35(23-25-36)33-12-4-3-5-13-33/h3-32H,1-2H3. The van der Waals surface area contributed by atoms with Crippen molar-refractivity contribution in [3.8, 4) is 67.2 Å². The van der Waals surface area contributed by atoms with E-state index in [0.29, 0.717) is 0 Å². The lowest BCUT2D eigenvalue weighted by Crippen LogP contribution is -2.16. The fraction of sp³-hybridized carbons (Fsp3) is 0.0588. The first-order valence-electron chi connectivity index (χ1n) is 18.3. The summed E-state index contributed by atoms with van der Waals surface area (Å²) in [6.07, 6.45) is 0. The lowest BCUT2D eigenvalue weighted by molar-refractivity contribution is 0.664. The summed E-state index contributed by atoms with van der Waals surface area (Å²) in [6, 6.07) is 65.4. The lowest BCUT2D eigenvalue weighted by atomic mass is 9.81. The average molecular weight is 677 g/mol. The van der Waals surface area contributed by atoms with Gasteiger partial charge in [-0.15, -0.1) is 0 Å². The van der Waals surface area contributed by atoms with Gasteiger partial charge in [-0.1, -0.05) is 172 Å². The number of rotatable bonds is 5. The van der Waals surface area contributed by atoms with E-state index in [0.717, 1.165) is 44.7 Å². The molecule has 1 aliphatic carbocycles. The predicted molar refractivity (Wildman–Crippen MR) is 222 cm³/mol. The summed E-state index contributed by atoms with van der Waals surface area (Å²) >= 11 is 0. The molecule has 0 unspecified atom stereocenters. The van der Waals surface area contributed by atoms with Crippen LogP contribution in [0.4, 0.5) is 0 Å². The first-order valence-corrected chi connectivity index (χ1v) is 18.3. The summed E-state index contributed by atoms with van der Waals surface area (Å²) < 4.78 is 0. The van der Waals surface area contributed by atoms with Crippen LogP contribution in [0.3, 0.4) is 0 Å². The summed E-state index contributed by atoms with van der Waals surface area (Å²) in [5.41, 5.74) is 16.1. The Labute approximate surface area is 310 Å². The highest BCUT2D eigenvalue weighted by Gasteiger charge is 2.37. The molecule has 0 radical (unpaired) electrons. The van der Waals surface area contributed by atoms with Crippen LogP contribution in [0.5, 0.6) is 0 Å². The highest BCUT2D eigenvalue weighted by atomic mass is 14.9. The molecule has 1 heterocycles. The summed E-state index contributed by atoms with van der Waals surface area (Å²) in [5.74, 6) is 0.732. The summed E-state index contributed by atoms with van der Waals surface area (Å²) in [4.78, 5) is 10.9. The monoisotopic (exact) mass is 676 g/mol. The zero-order valence-electron chi connectivity index (χ0n) is 29.7. The molecule has 2 nitrogen and oxygen atoms in total. The van der Waals surface area contributed by atoms with Crippen molar-refractivity contribution in [2.75, 3.05) is 0 Å². The Balaban J connectivity index is 1.11. The zero-order valence-corrected chi connectivity index (χ0v) is 29.7. The number of aromatic nitrogens is 2. The van der Waals surface area contributed by atoms with Crippen LogP contribution in [0, 0.1) is 0 Å². The van der Waals surface area contributed by atoms with Gasteiger partial charge in [-0.3, -0.25) is 0 Å². The molecular formula is C51H36N2. The molecule has 0 N–H and O–H groups in total. The Morgan fingerprint density at radius 1 is 0.377 bits per heavy atom. The van der Waals surface area contributed by atoms with Gasteiger partial charge in [-0.25, -0.2) is 9.97 Å². The summed E-state index contributed by atoms with van der Waals surface area (Å²) in [5, 5.41) is 3.49. The Bertz CT molecular complexity index is 2850. The van der Waals surface area contributed by atoms with Gasteiger partial charge in [0.15, 0.2) is 5.82 Å². The van der Waals surface area contributed by atoms with Crippen LogP contribution in [0.25, 0.3) is 88.8 Å². The Hall–Kier alpha value is -6.64. The highest BCUT2D eigenvalue weighted by molar-refractivity contribution is 6.03. The molecule has 1 aliphatic rings. The molecule has 2 heteroatoms. The third kappa shape index (κ3) is 5.26. The fourth-order valence-corrected chi connectivity index (χ4v) is 8.34. The van der Waals surface area contributed by atoms with Crippen molar-refractivity contribution >= 4 is 21.7 Å². The minimum absolute atomic E-state index is 0.209. The van der Waals surface area contributed by atoms with Crippen LogP contribution in [-0.2, 0) is 5.41 Å². The lowest BCUT2D eigenvalue weighted by Gasteiger charge is -2.23. The van der Waals surface area contributed by atoms with E-state index in [1.807, 2.05) is 0 Å². The molecule has 0 amide bonds. The molecule has 0 aliphatic heterocycles. The quantitative estimate of drug-likeness (QED) is 0.181. The Kier molecular flexibility index (Phi) is 7.19. The van der Waals surface area contributed by atoms with Crippen molar-refractivity contribution in [1.29, 1.82) is 0 Å². The number of benzene rings is 8. The van der Waals surface area contributed by atoms with Gasteiger partial charge in [0.2, 0.25) is 0 Å². The van der Waals surface area contributed by atoms with Crippen LogP contribution < -0.4 is 0 Å². The SMILES string of the molecule is CC1(C)c2ccccc2-c2ccc3c(-c4ccc5ccccc5c4)nc(-c4cccc(-c5cccc(-c6ccc(-c7ccccc7)cc6)c5)c4)nc3c21. The van der Waals surface area contributed by atoms with E-state index in [4.69, 9.17) is 9.97 Å². The maximum Gasteiger partial charge on any atom is 0.160 e. The first-order chi connectivity index (χ1) is 26.0. The first kappa shape index (κ1) is 31.1. The molecule has 9 aromatic rings. The molecule has 0 saturated heterocycles. The number of nitrogens with zero attached hydrogens (tertiary/aromatic N) is 2. The van der Waals surface area contributed by atoms with Crippen molar-refractivity contribution in [2.24, 2.45) is 0 Å². The van der Waals surface area contributed by atoms with Gasteiger partial charge < -0.3 is 0 Å². The minimum atomic E-state index is -0.209. The Morgan fingerprint density at radius 2 is 0.943 bits per heavy atom. The summed E-state index contributed by atoms with van der Waals surface area (Å²) in [6.45, 7) is 4.66. The second-order valence-corrected chi connectivity index (χ2v) is 14.6. The predicted octanol–water partition coefficient (Wildman–Crippen LogP) is 13.4. The number of fused-ring (bicyclic) bond motifs is 6. The number of hydrogen-bond donors (Lipinski definition) is 0. The molecule has 0 saturated carbocycles. The second kappa shape index (κ2) is 12.3. The van der Waals surface area contributed by atoms with Crippen LogP contribution in [-0.4, -0.2) is 9.97 Å². The number of hydrogen-bond acceptors (Lipinski definition) is 2. The normalized spacial score (nSPS) is 12.9. The molecular weight excluding hydrogens is 641 g/mol. The molecule has 0 bridgehead atoms. The van der Waals surface area contributed by atoms with E-state index in [9.17, 15) is 0 Å². The van der Waals surface area contributed by atoms with Crippen molar-refractivity contribution in [3.05, 3.63) is 193 Å². The third-order valence-corrected chi connectivity index (χ3v) is 11.0. The molecule has 1 aromatic heterocycles. The van der Waals surface area contributed by atoms with Gasteiger partial charge in [-0.2, -0.15) is 0 Å². The van der Waals surface area contributed by atoms with E-state index in [1.54, 1.807) is 0 Å². The largest absolute Gasteiger partial charge is 0.228 e. The van der Waals surface area contributed by atoms with Crippen LogP contribution >= 0.6 is 0 Å². The van der Waals surface area contributed by atoms with E-state index in [-0.39, 0.29) is 5.41 Å². The van der Waals surface area contributed by atoms with E-state index in [2.05, 4.69) is 196 Å². The minimum Gasteiger partial charge on any atom is -0.228 e. The average Bonchev–Trinajstić information content (AvgIpc) is 3.47. The van der Waals surface area contributed by atoms with Crippen molar-refractivity contribution in [1.82, 2.24) is 9.97 Å². The van der Waals surface area contributed by atoms with E-state index < -0.39 is 0 Å². The molecule has 0 fully saturated rings. The molecule has 250 valence electrons. The van der Waals surface area contributed by atoms with Gasteiger partial charge in [-0.05, 0) is 90.7 Å². The Morgan fingerprint density at radius 3 is 1.72 bits per heavy atom. The molecule has 0 spiro atoms. The van der Waals surface area contributed by atoms with Crippen LogP contribution in [0.2, 0.25) is 0 Å². The van der Waals surface area contributed by atoms with Gasteiger partial charge in [0, 0.05) is 21.9 Å². The maximum atomic E-state index is 5.47. The van der Waals surface area contributed by atoms with E-state index in [1.165, 1.54) is 55.3 Å². The van der Waals surface area contributed by atoms with Crippen molar-refractivity contribution in [3.63, 3.8) is 0 Å². The molecule has 8 aromatic carbocycles. The molecule has 10 rings (SSSR count). The topological polar surface area (TPSA) is 25.8 Å². The van der Waals surface area contributed by atoms with Gasteiger partial charge in [0.25, 0.3) is 0 Å². The third-order valence-electron chi connectivity index (χ3n) is 11.0. The smallest absolute Gasteiger partial charge is 0.160 e. The van der Waals surface area contributed by atoms with Gasteiger partial charge >= 0.3 is 0 Å². The van der Waals surface area contributed by atoms with Gasteiger partial charge in [0.05, 0.1) is 11.2 Å². The maximum absolute atomic E-state index is 5.47. The molecule has 0 atom stereocenters. The van der Waals surface area contributed by atoms with Crippen LogP contribution in [0.1, 0.15) is 25.0 Å². The van der Waals surface area contributed by atoms with Crippen molar-refractivity contribution < 1.29 is 0 Å².